The normalized spacial score (nSPS) is 20.9. The summed E-state index contributed by atoms with van der Waals surface area (Å²) in [7, 11) is 0. The van der Waals surface area contributed by atoms with E-state index in [1.165, 1.54) is 24.3 Å². The molecule has 0 radical (unpaired) electrons. The maximum Gasteiger partial charge on any atom is 0.0618 e. The second-order valence-electron chi connectivity index (χ2n) is 2.06. The van der Waals surface area contributed by atoms with Crippen LogP contribution in [0.3, 0.4) is 0 Å². The van der Waals surface area contributed by atoms with Crippen molar-refractivity contribution in [1.82, 2.24) is 0 Å². The molecule has 0 saturated carbocycles. The number of hydrogen-bond donors (Lipinski definition) is 0. The lowest BCUT2D eigenvalue weighted by molar-refractivity contribution is 0.631. The zero-order chi connectivity index (χ0) is 6.53. The van der Waals surface area contributed by atoms with Gasteiger partial charge < -0.3 is 0 Å². The molecule has 0 aliphatic carbocycles. The fraction of sp³-hybridized carbons (Fsp3) is 0.833. The summed E-state index contributed by atoms with van der Waals surface area (Å²) in [6.07, 6.45) is 2.38. The molecule has 0 amide bonds. The van der Waals surface area contributed by atoms with E-state index < -0.39 is 0 Å². The molecule has 0 N–H and O–H groups in total. The van der Waals surface area contributed by atoms with Gasteiger partial charge >= 0.3 is 0 Å². The lowest BCUT2D eigenvalue weighted by atomic mass is 10.2. The van der Waals surface area contributed by atoms with E-state index in [1.807, 2.05) is 11.8 Å². The highest BCUT2D eigenvalue weighted by Gasteiger charge is 2.10. The van der Waals surface area contributed by atoms with Gasteiger partial charge in [0.15, 0.2) is 0 Å². The second-order valence-corrected chi connectivity index (χ2v) is 3.47. The summed E-state index contributed by atoms with van der Waals surface area (Å²) >= 11 is 6.51. The molecule has 1 aliphatic rings. The topological polar surface area (TPSA) is 12.4 Å². The van der Waals surface area contributed by atoms with E-state index in [2.05, 4.69) is 22.4 Å². The van der Waals surface area contributed by atoms with Gasteiger partial charge in [0.05, 0.1) is 11.2 Å². The molecule has 0 atom stereocenters. The van der Waals surface area contributed by atoms with Crippen LogP contribution in [0.25, 0.3) is 0 Å². The van der Waals surface area contributed by atoms with E-state index in [0.717, 1.165) is 0 Å². The Bertz CT molecular complexity index is 123. The first kappa shape index (κ1) is 7.26. The van der Waals surface area contributed by atoms with Gasteiger partial charge in [-0.05, 0) is 36.6 Å². The maximum atomic E-state index is 4.51. The molecule has 1 heterocycles. The van der Waals surface area contributed by atoms with Gasteiger partial charge in [0.1, 0.15) is 0 Å². The minimum atomic E-state index is 0.490. The quantitative estimate of drug-likeness (QED) is 0.428. The van der Waals surface area contributed by atoms with Crippen LogP contribution >= 0.6 is 24.0 Å². The van der Waals surface area contributed by atoms with Crippen molar-refractivity contribution in [3.63, 3.8) is 0 Å². The third-order valence-corrected chi connectivity index (χ3v) is 2.58. The van der Waals surface area contributed by atoms with Crippen molar-refractivity contribution in [2.24, 2.45) is 4.99 Å². The molecule has 9 heavy (non-hydrogen) atoms. The number of nitrogens with zero attached hydrogens (tertiary/aromatic N) is 1. The summed E-state index contributed by atoms with van der Waals surface area (Å²) < 4.78 is 0. The average molecular weight is 159 g/mol. The lowest BCUT2D eigenvalue weighted by Crippen LogP contribution is -2.11. The molecule has 0 aromatic heterocycles. The minimum absolute atomic E-state index is 0.490. The molecule has 1 saturated heterocycles. The van der Waals surface area contributed by atoms with Gasteiger partial charge in [-0.2, -0.15) is 11.8 Å². The molecule has 3 heteroatoms. The first-order valence-corrected chi connectivity index (χ1v) is 4.64. The van der Waals surface area contributed by atoms with Crippen molar-refractivity contribution in [3.05, 3.63) is 0 Å². The Hall–Kier alpha value is 0.150. The Balaban J connectivity index is 2.31. The smallest absolute Gasteiger partial charge is 0.0618 e. The SMILES string of the molecule is S=C=NC1CCSCC1. The molecule has 0 aromatic carbocycles. The number of hydrogen-bond acceptors (Lipinski definition) is 3. The Labute approximate surface area is 64.9 Å². The molecule has 50 valence electrons. The summed E-state index contributed by atoms with van der Waals surface area (Å²) in [6.45, 7) is 0. The van der Waals surface area contributed by atoms with E-state index in [4.69, 9.17) is 0 Å². The average Bonchev–Trinajstić information content (AvgIpc) is 1.91. The molecule has 0 unspecified atom stereocenters. The van der Waals surface area contributed by atoms with Gasteiger partial charge in [-0.15, -0.1) is 0 Å². The Morgan fingerprint density at radius 2 is 2.11 bits per heavy atom. The van der Waals surface area contributed by atoms with E-state index in [9.17, 15) is 0 Å². The van der Waals surface area contributed by atoms with Crippen LogP contribution in [-0.4, -0.2) is 22.7 Å². The van der Waals surface area contributed by atoms with Crippen molar-refractivity contribution < 1.29 is 0 Å². The van der Waals surface area contributed by atoms with E-state index in [-0.39, 0.29) is 0 Å². The summed E-state index contributed by atoms with van der Waals surface area (Å²) in [5.74, 6) is 2.48. The van der Waals surface area contributed by atoms with Gasteiger partial charge in [0.25, 0.3) is 0 Å². The van der Waals surface area contributed by atoms with Crippen LogP contribution in [0.1, 0.15) is 12.8 Å². The van der Waals surface area contributed by atoms with Crippen LogP contribution in [0.15, 0.2) is 4.99 Å². The zero-order valence-electron chi connectivity index (χ0n) is 5.17. The minimum Gasteiger partial charge on any atom is -0.229 e. The number of isothiocyanates is 1. The third kappa shape index (κ3) is 2.48. The molecular weight excluding hydrogens is 150 g/mol. The van der Waals surface area contributed by atoms with Gasteiger partial charge in [-0.1, -0.05) is 0 Å². The largest absolute Gasteiger partial charge is 0.229 e. The number of aliphatic imine (C=N–C) groups is 1. The Morgan fingerprint density at radius 1 is 1.44 bits per heavy atom. The predicted octanol–water partition coefficient (Wildman–Crippen LogP) is 1.98. The predicted molar refractivity (Wildman–Crippen MR) is 45.4 cm³/mol. The highest BCUT2D eigenvalue weighted by Crippen LogP contribution is 2.18. The first-order valence-electron chi connectivity index (χ1n) is 3.08. The fourth-order valence-corrected chi connectivity index (χ4v) is 2.12. The van der Waals surface area contributed by atoms with E-state index >= 15 is 0 Å². The number of thiocarbonyl (C=S) groups is 1. The van der Waals surface area contributed by atoms with E-state index in [1.54, 1.807) is 0 Å². The number of thioether (sulfide) groups is 1. The van der Waals surface area contributed by atoms with Crippen molar-refractivity contribution in [2.75, 3.05) is 11.5 Å². The van der Waals surface area contributed by atoms with Crippen molar-refractivity contribution in [2.45, 2.75) is 18.9 Å². The lowest BCUT2D eigenvalue weighted by Gasteiger charge is -2.15. The molecule has 1 nitrogen and oxygen atoms in total. The molecule has 1 rings (SSSR count). The summed E-state index contributed by atoms with van der Waals surface area (Å²) in [5, 5.41) is 2.44. The maximum absolute atomic E-state index is 4.51. The van der Waals surface area contributed by atoms with Gasteiger partial charge in [-0.3, -0.25) is 0 Å². The number of rotatable bonds is 1. The van der Waals surface area contributed by atoms with E-state index in [0.29, 0.717) is 6.04 Å². The van der Waals surface area contributed by atoms with Gasteiger partial charge in [0.2, 0.25) is 0 Å². The molecule has 0 aromatic rings. The molecule has 0 bridgehead atoms. The van der Waals surface area contributed by atoms with Gasteiger partial charge in [-0.25, -0.2) is 4.99 Å². The van der Waals surface area contributed by atoms with Crippen LogP contribution < -0.4 is 0 Å². The molecular formula is C6H9NS2. The summed E-state index contributed by atoms with van der Waals surface area (Å²) in [6, 6.07) is 0.490. The fourth-order valence-electron chi connectivity index (χ4n) is 0.889. The zero-order valence-corrected chi connectivity index (χ0v) is 6.80. The van der Waals surface area contributed by atoms with Crippen molar-refractivity contribution in [1.29, 1.82) is 0 Å². The van der Waals surface area contributed by atoms with Crippen molar-refractivity contribution >= 4 is 29.1 Å². The Morgan fingerprint density at radius 3 is 2.67 bits per heavy atom. The molecule has 0 spiro atoms. The summed E-state index contributed by atoms with van der Waals surface area (Å²) in [5.41, 5.74) is 0. The first-order chi connectivity index (χ1) is 4.43. The standard InChI is InChI=1S/C6H9NS2/c8-5-7-6-1-3-9-4-2-6/h6H,1-4H2. The second kappa shape index (κ2) is 4.04. The molecule has 1 fully saturated rings. The van der Waals surface area contributed by atoms with Gasteiger partial charge in [0, 0.05) is 0 Å². The van der Waals surface area contributed by atoms with Crippen LogP contribution in [-0.2, 0) is 0 Å². The van der Waals surface area contributed by atoms with Crippen LogP contribution in [0, 0.1) is 0 Å². The van der Waals surface area contributed by atoms with Crippen LogP contribution in [0.2, 0.25) is 0 Å². The Kier molecular flexibility index (Phi) is 3.26. The monoisotopic (exact) mass is 159 g/mol. The van der Waals surface area contributed by atoms with Crippen LogP contribution in [0.5, 0.6) is 0 Å². The highest BCUT2D eigenvalue weighted by molar-refractivity contribution is 7.99. The molecule has 1 aliphatic heterocycles. The van der Waals surface area contributed by atoms with Crippen LogP contribution in [0.4, 0.5) is 0 Å². The van der Waals surface area contributed by atoms with Crippen molar-refractivity contribution in [3.8, 4) is 0 Å². The highest BCUT2D eigenvalue weighted by atomic mass is 32.2. The third-order valence-electron chi connectivity index (χ3n) is 1.43. The summed E-state index contributed by atoms with van der Waals surface area (Å²) in [4.78, 5) is 4.04.